The Morgan fingerprint density at radius 2 is 2.11 bits per heavy atom. The van der Waals surface area contributed by atoms with Crippen molar-refractivity contribution in [2.75, 3.05) is 18.3 Å². The first-order valence-corrected chi connectivity index (χ1v) is 6.77. The van der Waals surface area contributed by atoms with E-state index in [0.717, 1.165) is 22.0 Å². The lowest BCUT2D eigenvalue weighted by Crippen LogP contribution is -1.92. The van der Waals surface area contributed by atoms with Gasteiger partial charge in [0.1, 0.15) is 5.75 Å². The molecule has 0 unspecified atom stereocenters. The highest BCUT2D eigenvalue weighted by molar-refractivity contribution is 7.98. The molecule has 5 heteroatoms. The van der Waals surface area contributed by atoms with E-state index in [1.165, 1.54) is 0 Å². The normalized spacial score (nSPS) is 10.2. The summed E-state index contributed by atoms with van der Waals surface area (Å²) in [6.07, 6.45) is 0. The number of anilines is 2. The molecule has 19 heavy (non-hydrogen) atoms. The predicted octanol–water partition coefficient (Wildman–Crippen LogP) is 3.37. The van der Waals surface area contributed by atoms with Gasteiger partial charge < -0.3 is 10.5 Å². The molecular formula is C14H16N2O2S. The van der Waals surface area contributed by atoms with Crippen LogP contribution >= 0.6 is 11.8 Å². The van der Waals surface area contributed by atoms with E-state index in [0.29, 0.717) is 11.4 Å². The van der Waals surface area contributed by atoms with E-state index < -0.39 is 0 Å². The monoisotopic (exact) mass is 276 g/mol. The molecule has 0 saturated heterocycles. The van der Waals surface area contributed by atoms with Crippen LogP contribution in [-0.2, 0) is 5.75 Å². The van der Waals surface area contributed by atoms with E-state index in [4.69, 9.17) is 15.7 Å². The second-order valence-corrected chi connectivity index (χ2v) is 5.02. The third-order valence-electron chi connectivity index (χ3n) is 2.67. The molecule has 0 atom stereocenters. The summed E-state index contributed by atoms with van der Waals surface area (Å²) in [5.74, 6) is 1.54. The van der Waals surface area contributed by atoms with Gasteiger partial charge in [0.2, 0.25) is 0 Å². The van der Waals surface area contributed by atoms with Crippen molar-refractivity contribution in [1.29, 1.82) is 0 Å². The molecule has 0 spiro atoms. The van der Waals surface area contributed by atoms with Crippen molar-refractivity contribution in [1.82, 2.24) is 0 Å². The van der Waals surface area contributed by atoms with Crippen LogP contribution in [0, 0.1) is 0 Å². The Kier molecular flexibility index (Phi) is 4.54. The van der Waals surface area contributed by atoms with E-state index in [-0.39, 0.29) is 0 Å². The van der Waals surface area contributed by atoms with Crippen LogP contribution in [-0.4, -0.2) is 12.3 Å². The topological polar surface area (TPSA) is 67.5 Å². The maximum atomic E-state index is 8.86. The summed E-state index contributed by atoms with van der Waals surface area (Å²) in [5, 5.41) is 8.86. The standard InChI is InChI=1S/C14H16N2O2S/c1-18-12-5-6-14(13(15)8-12)19-9-10-3-2-4-11(7-10)16-17/h2-8,16-17H,9,15H2,1H3. The molecule has 0 aliphatic rings. The quantitative estimate of drug-likeness (QED) is 0.444. The second-order valence-electron chi connectivity index (χ2n) is 4.00. The highest BCUT2D eigenvalue weighted by Crippen LogP contribution is 2.31. The first kappa shape index (κ1) is 13.6. The molecule has 0 fully saturated rings. The van der Waals surface area contributed by atoms with Crippen molar-refractivity contribution in [3.63, 3.8) is 0 Å². The van der Waals surface area contributed by atoms with Crippen LogP contribution in [0.5, 0.6) is 5.75 Å². The Morgan fingerprint density at radius 3 is 2.79 bits per heavy atom. The SMILES string of the molecule is COc1ccc(SCc2cccc(NO)c2)c(N)c1. The zero-order valence-electron chi connectivity index (χ0n) is 10.6. The number of rotatable bonds is 5. The van der Waals surface area contributed by atoms with Crippen LogP contribution in [0.1, 0.15) is 5.56 Å². The third-order valence-corrected chi connectivity index (χ3v) is 3.83. The van der Waals surface area contributed by atoms with Crippen molar-refractivity contribution in [3.8, 4) is 5.75 Å². The van der Waals surface area contributed by atoms with Crippen molar-refractivity contribution in [2.45, 2.75) is 10.6 Å². The van der Waals surface area contributed by atoms with Gasteiger partial charge in [-0.05, 0) is 29.8 Å². The Hall–Kier alpha value is -1.85. The van der Waals surface area contributed by atoms with E-state index in [9.17, 15) is 0 Å². The van der Waals surface area contributed by atoms with Crippen molar-refractivity contribution >= 4 is 23.1 Å². The first-order chi connectivity index (χ1) is 9.22. The summed E-state index contributed by atoms with van der Waals surface area (Å²) in [6, 6.07) is 13.3. The molecule has 0 amide bonds. The number of methoxy groups -OCH3 is 1. The molecule has 0 bridgehead atoms. The molecule has 0 aliphatic heterocycles. The maximum absolute atomic E-state index is 8.86. The Morgan fingerprint density at radius 1 is 1.26 bits per heavy atom. The highest BCUT2D eigenvalue weighted by atomic mass is 32.2. The summed E-state index contributed by atoms with van der Waals surface area (Å²) < 4.78 is 5.12. The molecule has 4 nitrogen and oxygen atoms in total. The van der Waals surface area contributed by atoms with Crippen LogP contribution in [0.3, 0.4) is 0 Å². The number of thioether (sulfide) groups is 1. The Bertz CT molecular complexity index is 561. The molecule has 2 aromatic carbocycles. The summed E-state index contributed by atoms with van der Waals surface area (Å²) in [4.78, 5) is 1.02. The molecular weight excluding hydrogens is 260 g/mol. The summed E-state index contributed by atoms with van der Waals surface area (Å²) >= 11 is 1.65. The molecule has 2 rings (SSSR count). The van der Waals surface area contributed by atoms with Crippen LogP contribution in [0.2, 0.25) is 0 Å². The van der Waals surface area contributed by atoms with Gasteiger partial charge in [0.15, 0.2) is 0 Å². The van der Waals surface area contributed by atoms with E-state index in [1.54, 1.807) is 24.9 Å². The predicted molar refractivity (Wildman–Crippen MR) is 78.8 cm³/mol. The van der Waals surface area contributed by atoms with E-state index in [1.807, 2.05) is 36.4 Å². The van der Waals surface area contributed by atoms with Gasteiger partial charge >= 0.3 is 0 Å². The Balaban J connectivity index is 2.05. The second kappa shape index (κ2) is 6.36. The lowest BCUT2D eigenvalue weighted by molar-refractivity contribution is 0.389. The van der Waals surface area contributed by atoms with Gasteiger partial charge in [0.05, 0.1) is 12.8 Å². The number of hydrogen-bond donors (Lipinski definition) is 3. The molecule has 4 N–H and O–H groups in total. The molecule has 0 saturated carbocycles. The minimum absolute atomic E-state index is 0.681. The molecule has 2 aromatic rings. The molecule has 0 aliphatic carbocycles. The Labute approximate surface area is 116 Å². The number of nitrogen functional groups attached to an aromatic ring is 1. The van der Waals surface area contributed by atoms with Gasteiger partial charge in [0.25, 0.3) is 0 Å². The van der Waals surface area contributed by atoms with Crippen molar-refractivity contribution in [2.24, 2.45) is 0 Å². The van der Waals surface area contributed by atoms with Gasteiger partial charge in [-0.15, -0.1) is 11.8 Å². The lowest BCUT2D eigenvalue weighted by Gasteiger charge is -2.08. The van der Waals surface area contributed by atoms with Crippen LogP contribution in [0.4, 0.5) is 11.4 Å². The molecule has 0 aromatic heterocycles. The molecule has 0 radical (unpaired) electrons. The molecule has 0 heterocycles. The van der Waals surface area contributed by atoms with Gasteiger partial charge in [-0.3, -0.25) is 10.7 Å². The fourth-order valence-corrected chi connectivity index (χ4v) is 2.57. The first-order valence-electron chi connectivity index (χ1n) is 5.78. The summed E-state index contributed by atoms with van der Waals surface area (Å²) in [5.41, 5.74) is 10.6. The third kappa shape index (κ3) is 3.56. The van der Waals surface area contributed by atoms with Crippen molar-refractivity contribution in [3.05, 3.63) is 48.0 Å². The van der Waals surface area contributed by atoms with Gasteiger partial charge in [0, 0.05) is 22.4 Å². The largest absolute Gasteiger partial charge is 0.497 e. The maximum Gasteiger partial charge on any atom is 0.120 e. The highest BCUT2D eigenvalue weighted by Gasteiger charge is 2.03. The number of benzene rings is 2. The van der Waals surface area contributed by atoms with Gasteiger partial charge in [-0.25, -0.2) is 0 Å². The minimum atomic E-state index is 0.681. The smallest absolute Gasteiger partial charge is 0.120 e. The van der Waals surface area contributed by atoms with E-state index >= 15 is 0 Å². The van der Waals surface area contributed by atoms with Gasteiger partial charge in [-0.1, -0.05) is 12.1 Å². The lowest BCUT2D eigenvalue weighted by atomic mass is 10.2. The zero-order valence-corrected chi connectivity index (χ0v) is 11.4. The van der Waals surface area contributed by atoms with Crippen molar-refractivity contribution < 1.29 is 9.94 Å². The average Bonchev–Trinajstić information content (AvgIpc) is 2.46. The fourth-order valence-electron chi connectivity index (χ4n) is 1.68. The molecule has 100 valence electrons. The number of ether oxygens (including phenoxy) is 1. The number of nitrogens with two attached hydrogens (primary N) is 1. The minimum Gasteiger partial charge on any atom is -0.497 e. The average molecular weight is 276 g/mol. The number of hydrogen-bond acceptors (Lipinski definition) is 5. The van der Waals surface area contributed by atoms with E-state index in [2.05, 4.69) is 5.48 Å². The fraction of sp³-hybridized carbons (Fsp3) is 0.143. The van der Waals surface area contributed by atoms with Crippen LogP contribution in [0.25, 0.3) is 0 Å². The van der Waals surface area contributed by atoms with Crippen LogP contribution < -0.4 is 16.0 Å². The summed E-state index contributed by atoms with van der Waals surface area (Å²) in [6.45, 7) is 0. The zero-order chi connectivity index (χ0) is 13.7. The summed E-state index contributed by atoms with van der Waals surface area (Å²) in [7, 11) is 1.62. The van der Waals surface area contributed by atoms with Crippen LogP contribution in [0.15, 0.2) is 47.4 Å². The number of nitrogens with one attached hydrogen (secondary N) is 1. The van der Waals surface area contributed by atoms with Gasteiger partial charge in [-0.2, -0.15) is 0 Å².